The minimum Gasteiger partial charge on any atom is -0.384 e. The van der Waals surface area contributed by atoms with Crippen molar-refractivity contribution in [1.29, 1.82) is 0 Å². The van der Waals surface area contributed by atoms with Crippen LogP contribution >= 0.6 is 0 Å². The van der Waals surface area contributed by atoms with Crippen molar-refractivity contribution in [3.63, 3.8) is 0 Å². The highest BCUT2D eigenvalue weighted by atomic mass is 19.1. The Morgan fingerprint density at radius 1 is 1.03 bits per heavy atom. The number of benzene rings is 2. The Bertz CT molecular complexity index is 1160. The van der Waals surface area contributed by atoms with E-state index in [4.69, 9.17) is 4.98 Å². The second-order valence-corrected chi connectivity index (χ2v) is 7.51. The topological polar surface area (TPSA) is 74.7 Å². The highest BCUT2D eigenvalue weighted by molar-refractivity contribution is 5.78. The molecule has 2 atom stereocenters. The Kier molecular flexibility index (Phi) is 4.62. The second kappa shape index (κ2) is 7.00. The zero-order valence-corrected chi connectivity index (χ0v) is 16.0. The average molecular weight is 394 g/mol. The molecule has 2 aromatic heterocycles. The van der Waals surface area contributed by atoms with Gasteiger partial charge >= 0.3 is 0 Å². The van der Waals surface area contributed by atoms with Gasteiger partial charge in [0, 0.05) is 28.9 Å². The molecule has 4 aromatic rings. The van der Waals surface area contributed by atoms with Crippen molar-refractivity contribution >= 4 is 10.9 Å². The highest BCUT2D eigenvalue weighted by Crippen LogP contribution is 2.44. The summed E-state index contributed by atoms with van der Waals surface area (Å²) in [5.41, 5.74) is -1.57. The van der Waals surface area contributed by atoms with Crippen LogP contribution in [-0.2, 0) is 17.4 Å². The van der Waals surface area contributed by atoms with E-state index in [1.165, 1.54) is 19.3 Å². The van der Waals surface area contributed by atoms with Crippen LogP contribution < -0.4 is 0 Å². The second-order valence-electron chi connectivity index (χ2n) is 7.51. The van der Waals surface area contributed by atoms with Gasteiger partial charge in [-0.2, -0.15) is 5.10 Å². The number of rotatable bonds is 5. The van der Waals surface area contributed by atoms with Crippen LogP contribution in [0.2, 0.25) is 0 Å². The third-order valence-electron chi connectivity index (χ3n) is 5.67. The monoisotopic (exact) mass is 394 g/mol. The molecule has 2 heterocycles. The molecule has 0 saturated carbocycles. The van der Waals surface area contributed by atoms with Crippen LogP contribution in [0.1, 0.15) is 30.9 Å². The lowest BCUT2D eigenvalue weighted by Gasteiger charge is -2.42. The smallest absolute Gasteiger partial charge is 0.151 e. The van der Waals surface area contributed by atoms with Crippen LogP contribution in [-0.4, -0.2) is 25.3 Å². The third kappa shape index (κ3) is 3.27. The summed E-state index contributed by atoms with van der Waals surface area (Å²) in [6, 6.07) is 14.5. The van der Waals surface area contributed by atoms with E-state index in [0.717, 1.165) is 23.0 Å². The molecule has 7 heteroatoms. The van der Waals surface area contributed by atoms with Crippen LogP contribution in [0, 0.1) is 11.6 Å². The molecule has 5 nitrogen and oxygen atoms in total. The van der Waals surface area contributed by atoms with Crippen LogP contribution in [0.4, 0.5) is 8.78 Å². The van der Waals surface area contributed by atoms with Crippen molar-refractivity contribution in [2.45, 2.75) is 31.3 Å². The van der Waals surface area contributed by atoms with Crippen LogP contribution in [0.5, 0.6) is 0 Å². The zero-order valence-electron chi connectivity index (χ0n) is 16.0. The Morgan fingerprint density at radius 2 is 1.83 bits per heavy atom. The van der Waals surface area contributed by atoms with E-state index in [1.54, 1.807) is 6.92 Å². The van der Waals surface area contributed by atoms with E-state index >= 15 is 0 Å². The van der Waals surface area contributed by atoms with Crippen LogP contribution in [0.25, 0.3) is 10.9 Å². The summed E-state index contributed by atoms with van der Waals surface area (Å²) in [6.07, 6.45) is 1.63. The number of halogens is 2. The Hall–Kier alpha value is -3.19. The molecule has 2 aromatic carbocycles. The molecule has 0 aliphatic heterocycles. The number of hydrogen-bond acceptors (Lipinski definition) is 4. The first-order chi connectivity index (χ1) is 13.8. The fourth-order valence-corrected chi connectivity index (χ4v) is 3.70. The fraction of sp³-hybridized carbons (Fsp3) is 0.227. The van der Waals surface area contributed by atoms with Crippen LogP contribution in [0.3, 0.4) is 0 Å². The Morgan fingerprint density at radius 3 is 2.55 bits per heavy atom. The molecular formula is C22H20F2N4O. The van der Waals surface area contributed by atoms with Gasteiger partial charge in [-0.1, -0.05) is 37.3 Å². The summed E-state index contributed by atoms with van der Waals surface area (Å²) in [5, 5.41) is 19.3. The number of fused-ring (bicyclic) bond motifs is 1. The molecule has 0 fully saturated rings. The summed E-state index contributed by atoms with van der Waals surface area (Å²) >= 11 is 0. The number of hydrogen-bond donors (Lipinski definition) is 2. The van der Waals surface area contributed by atoms with Crippen molar-refractivity contribution < 1.29 is 13.9 Å². The van der Waals surface area contributed by atoms with Gasteiger partial charge in [0.15, 0.2) is 5.82 Å². The van der Waals surface area contributed by atoms with E-state index < -0.39 is 22.7 Å². The van der Waals surface area contributed by atoms with Crippen molar-refractivity contribution in [2.75, 3.05) is 0 Å². The molecule has 2 N–H and O–H groups in total. The van der Waals surface area contributed by atoms with Crippen molar-refractivity contribution in [3.8, 4) is 0 Å². The van der Waals surface area contributed by atoms with Gasteiger partial charge in [-0.05, 0) is 25.1 Å². The number of para-hydroxylation sites is 1. The van der Waals surface area contributed by atoms with E-state index in [0.29, 0.717) is 11.5 Å². The summed E-state index contributed by atoms with van der Waals surface area (Å²) in [7, 11) is 0. The first-order valence-corrected chi connectivity index (χ1v) is 9.20. The van der Waals surface area contributed by atoms with E-state index in [-0.39, 0.29) is 12.0 Å². The molecule has 4 rings (SSSR count). The molecule has 148 valence electrons. The fourth-order valence-electron chi connectivity index (χ4n) is 3.70. The predicted octanol–water partition coefficient (Wildman–Crippen LogP) is 4.04. The third-order valence-corrected chi connectivity index (χ3v) is 5.67. The highest BCUT2D eigenvalue weighted by Gasteiger charge is 2.49. The minimum absolute atomic E-state index is 0.0214. The molecule has 0 saturated heterocycles. The maximum absolute atomic E-state index is 14.7. The number of aliphatic hydroxyl groups is 1. The number of nitrogens with one attached hydrogen (secondary N) is 1. The lowest BCUT2D eigenvalue weighted by Crippen LogP contribution is -2.48. The summed E-state index contributed by atoms with van der Waals surface area (Å²) in [5.74, 6) is -1.08. The van der Waals surface area contributed by atoms with Gasteiger partial charge in [0.05, 0.1) is 11.2 Å². The van der Waals surface area contributed by atoms with Crippen molar-refractivity contribution in [3.05, 3.63) is 89.6 Å². The summed E-state index contributed by atoms with van der Waals surface area (Å²) < 4.78 is 28.1. The summed E-state index contributed by atoms with van der Waals surface area (Å²) in [6.45, 7) is 3.29. The Balaban J connectivity index is 1.91. The van der Waals surface area contributed by atoms with Crippen LogP contribution in [0.15, 0.2) is 60.9 Å². The van der Waals surface area contributed by atoms with Gasteiger partial charge in [-0.15, -0.1) is 0 Å². The molecule has 0 bridgehead atoms. The molecule has 0 aliphatic carbocycles. The molecule has 29 heavy (non-hydrogen) atoms. The number of H-pyrrole nitrogens is 1. The van der Waals surface area contributed by atoms with Crippen molar-refractivity contribution in [1.82, 2.24) is 20.2 Å². The molecule has 2 unspecified atom stereocenters. The van der Waals surface area contributed by atoms with E-state index in [1.807, 2.05) is 36.4 Å². The van der Waals surface area contributed by atoms with Crippen molar-refractivity contribution in [2.24, 2.45) is 0 Å². The van der Waals surface area contributed by atoms with Gasteiger partial charge in [-0.25, -0.2) is 13.8 Å². The van der Waals surface area contributed by atoms with E-state index in [2.05, 4.69) is 15.2 Å². The van der Waals surface area contributed by atoms with Gasteiger partial charge in [-0.3, -0.25) is 10.1 Å². The standard InChI is InChI=1S/C22H20F2N4O/c1-21(12-20-25-13-26-28-20,19-10-7-14-5-3-4-6-18(14)27-19)22(2,29)16-9-8-15(23)11-17(16)24/h3-11,13,29H,12H2,1-2H3,(H,25,26,28). The number of aromatic nitrogens is 4. The molecule has 0 aliphatic rings. The predicted molar refractivity (Wildman–Crippen MR) is 105 cm³/mol. The SMILES string of the molecule is CC(O)(c1ccc(F)cc1F)C(C)(Cc1nc[nH]n1)c1ccc2ccccc2n1. The minimum atomic E-state index is -1.74. The lowest BCUT2D eigenvalue weighted by atomic mass is 9.66. The van der Waals surface area contributed by atoms with E-state index in [9.17, 15) is 13.9 Å². The number of pyridine rings is 1. The number of aromatic amines is 1. The normalized spacial score (nSPS) is 15.8. The maximum Gasteiger partial charge on any atom is 0.151 e. The average Bonchev–Trinajstić information content (AvgIpc) is 3.20. The zero-order chi connectivity index (χ0) is 20.6. The molecule has 0 radical (unpaired) electrons. The summed E-state index contributed by atoms with van der Waals surface area (Å²) in [4.78, 5) is 8.92. The van der Waals surface area contributed by atoms with Gasteiger partial charge in [0.2, 0.25) is 0 Å². The Labute approximate surface area is 166 Å². The first kappa shape index (κ1) is 19.1. The first-order valence-electron chi connectivity index (χ1n) is 9.20. The quantitative estimate of drug-likeness (QED) is 0.536. The van der Waals surface area contributed by atoms with Gasteiger partial charge in [0.1, 0.15) is 23.6 Å². The largest absolute Gasteiger partial charge is 0.384 e. The van der Waals surface area contributed by atoms with Gasteiger partial charge < -0.3 is 5.11 Å². The van der Waals surface area contributed by atoms with Gasteiger partial charge in [0.25, 0.3) is 0 Å². The lowest BCUT2D eigenvalue weighted by molar-refractivity contribution is -0.0278. The maximum atomic E-state index is 14.7. The number of nitrogens with zero attached hydrogens (tertiary/aromatic N) is 3. The molecule has 0 spiro atoms. The molecule has 0 amide bonds. The molecular weight excluding hydrogens is 374 g/mol.